The minimum Gasteiger partial charge on any atom is -0.392 e. The van der Waals surface area contributed by atoms with E-state index in [1.807, 2.05) is 31.3 Å². The Morgan fingerprint density at radius 3 is 2.75 bits per heavy atom. The summed E-state index contributed by atoms with van der Waals surface area (Å²) in [7, 11) is 0. The molecule has 0 aliphatic heterocycles. The van der Waals surface area contributed by atoms with E-state index in [9.17, 15) is 5.11 Å². The van der Waals surface area contributed by atoms with Crippen molar-refractivity contribution in [3.63, 3.8) is 0 Å². The van der Waals surface area contributed by atoms with Gasteiger partial charge in [-0.05, 0) is 55.1 Å². The minimum absolute atomic E-state index is 0.0341. The first-order valence-corrected chi connectivity index (χ1v) is 8.82. The molecule has 24 heavy (non-hydrogen) atoms. The van der Waals surface area contributed by atoms with Crippen molar-refractivity contribution in [2.75, 3.05) is 6.61 Å². The molecule has 2 N–H and O–H groups in total. The van der Waals surface area contributed by atoms with Crippen LogP contribution in [-0.2, 0) is 0 Å². The van der Waals surface area contributed by atoms with Crippen LogP contribution >= 0.6 is 0 Å². The topological polar surface area (TPSA) is 65.7 Å². The average Bonchev–Trinajstić information content (AvgIpc) is 2.55. The normalized spacial score (nSPS) is 34.3. The van der Waals surface area contributed by atoms with Gasteiger partial charge in [0.15, 0.2) is 0 Å². The molecule has 3 aliphatic rings. The second-order valence-corrected chi connectivity index (χ2v) is 7.93. The van der Waals surface area contributed by atoms with E-state index < -0.39 is 5.60 Å². The number of nitrogens with zero attached hydrogens (tertiary/aromatic N) is 2. The fraction of sp³-hybridized carbons (Fsp3) is 0.600. The molecule has 2 bridgehead atoms. The molecule has 3 fully saturated rings. The molecular formula is C20H28N2O2. The molecule has 0 saturated heterocycles. The molecule has 4 atom stereocenters. The van der Waals surface area contributed by atoms with Crippen LogP contribution in [0.1, 0.15) is 51.6 Å². The van der Waals surface area contributed by atoms with Gasteiger partial charge in [-0.3, -0.25) is 9.98 Å². The molecule has 1 aromatic heterocycles. The van der Waals surface area contributed by atoms with Gasteiger partial charge in [-0.25, -0.2) is 0 Å². The maximum atomic E-state index is 11.1. The van der Waals surface area contributed by atoms with Gasteiger partial charge in [0.1, 0.15) is 5.60 Å². The van der Waals surface area contributed by atoms with Crippen LogP contribution in [-0.4, -0.2) is 33.1 Å². The molecule has 4 nitrogen and oxygen atoms in total. The quantitative estimate of drug-likeness (QED) is 0.815. The van der Waals surface area contributed by atoms with E-state index >= 15 is 0 Å². The lowest BCUT2D eigenvalue weighted by Gasteiger charge is -2.62. The summed E-state index contributed by atoms with van der Waals surface area (Å²) in [4.78, 5) is 9.18. The zero-order valence-electron chi connectivity index (χ0n) is 14.8. The number of rotatable bonds is 5. The Morgan fingerprint density at radius 2 is 2.17 bits per heavy atom. The minimum atomic E-state index is -0.834. The Morgan fingerprint density at radius 1 is 1.38 bits per heavy atom. The number of aliphatic hydroxyl groups excluding tert-OH is 1. The summed E-state index contributed by atoms with van der Waals surface area (Å²) in [6.45, 7) is 6.49. The monoisotopic (exact) mass is 328 g/mol. The first-order chi connectivity index (χ1) is 11.4. The Labute approximate surface area is 144 Å². The highest BCUT2D eigenvalue weighted by Gasteiger charge is 2.61. The molecule has 4 heteroatoms. The van der Waals surface area contributed by atoms with E-state index in [0.29, 0.717) is 12.3 Å². The number of aliphatic hydroxyl groups is 2. The maximum Gasteiger partial charge on any atom is 0.103 e. The fourth-order valence-corrected chi connectivity index (χ4v) is 4.46. The molecule has 0 amide bonds. The summed E-state index contributed by atoms with van der Waals surface area (Å²) in [6, 6.07) is 3.87. The highest BCUT2D eigenvalue weighted by Crippen LogP contribution is 2.61. The molecular weight excluding hydrogens is 300 g/mol. The predicted molar refractivity (Wildman–Crippen MR) is 95.9 cm³/mol. The van der Waals surface area contributed by atoms with Crippen molar-refractivity contribution in [3.05, 3.63) is 42.2 Å². The number of pyridine rings is 1. The number of aromatic nitrogens is 1. The Kier molecular flexibility index (Phi) is 4.63. The van der Waals surface area contributed by atoms with E-state index in [2.05, 4.69) is 18.8 Å². The summed E-state index contributed by atoms with van der Waals surface area (Å²) in [5.41, 5.74) is 1.33. The third-order valence-electron chi connectivity index (χ3n) is 6.19. The SMILES string of the molecule is CC1(C)[C@H]2CC(=N[C@@H](C/C=C\CO)c3cccnc3)[C@](C)(O)[C@@H]1C2. The van der Waals surface area contributed by atoms with Gasteiger partial charge in [0, 0.05) is 18.1 Å². The fourth-order valence-electron chi connectivity index (χ4n) is 4.46. The van der Waals surface area contributed by atoms with Crippen molar-refractivity contribution in [1.82, 2.24) is 4.98 Å². The van der Waals surface area contributed by atoms with Crippen molar-refractivity contribution >= 4 is 5.71 Å². The number of fused-ring (bicyclic) bond motifs is 2. The lowest BCUT2D eigenvalue weighted by atomic mass is 9.44. The van der Waals surface area contributed by atoms with Gasteiger partial charge in [-0.15, -0.1) is 0 Å². The molecule has 1 aromatic rings. The van der Waals surface area contributed by atoms with Gasteiger partial charge in [0.05, 0.1) is 12.6 Å². The molecule has 3 saturated carbocycles. The van der Waals surface area contributed by atoms with Crippen LogP contribution in [0, 0.1) is 17.3 Å². The van der Waals surface area contributed by atoms with Crippen LogP contribution in [0.5, 0.6) is 0 Å². The van der Waals surface area contributed by atoms with Crippen molar-refractivity contribution in [2.45, 2.75) is 51.7 Å². The molecule has 0 aromatic carbocycles. The molecule has 3 aliphatic carbocycles. The first kappa shape index (κ1) is 17.3. The van der Waals surface area contributed by atoms with Crippen molar-refractivity contribution in [1.29, 1.82) is 0 Å². The van der Waals surface area contributed by atoms with Crippen LogP contribution in [0.2, 0.25) is 0 Å². The van der Waals surface area contributed by atoms with Gasteiger partial charge < -0.3 is 10.2 Å². The highest BCUT2D eigenvalue weighted by molar-refractivity contribution is 5.94. The van der Waals surface area contributed by atoms with Gasteiger partial charge in [-0.2, -0.15) is 0 Å². The van der Waals surface area contributed by atoms with Crippen LogP contribution in [0.3, 0.4) is 0 Å². The Balaban J connectivity index is 1.89. The zero-order chi connectivity index (χ0) is 17.4. The molecule has 0 radical (unpaired) electrons. The predicted octanol–water partition coefficient (Wildman–Crippen LogP) is 3.32. The van der Waals surface area contributed by atoms with Gasteiger partial charge >= 0.3 is 0 Å². The second-order valence-electron chi connectivity index (χ2n) is 7.93. The summed E-state index contributed by atoms with van der Waals surface area (Å²) in [5.74, 6) is 0.897. The number of aliphatic imine (C=N–C) groups is 1. The third-order valence-corrected chi connectivity index (χ3v) is 6.19. The smallest absolute Gasteiger partial charge is 0.103 e. The summed E-state index contributed by atoms with van der Waals surface area (Å²) in [5, 5.41) is 20.1. The molecule has 1 heterocycles. The van der Waals surface area contributed by atoms with E-state index in [1.54, 1.807) is 12.3 Å². The summed E-state index contributed by atoms with van der Waals surface area (Å²) >= 11 is 0. The number of hydrogen-bond donors (Lipinski definition) is 2. The van der Waals surface area contributed by atoms with Crippen molar-refractivity contribution in [3.8, 4) is 0 Å². The van der Waals surface area contributed by atoms with E-state index in [1.165, 1.54) is 0 Å². The van der Waals surface area contributed by atoms with Gasteiger partial charge in [0.25, 0.3) is 0 Å². The standard InChI is InChI=1S/C20H28N2O2/c1-19(2)15-11-17(19)20(3,24)18(12-15)22-16(8-4-5-10-23)14-7-6-9-21-13-14/h4-7,9,13,15-17,23-24H,8,10-12H2,1-3H3/b5-4-,22-18?/t15-,16+,17-,20-/m1/s1. The Hall–Kier alpha value is -1.52. The van der Waals surface area contributed by atoms with Crippen molar-refractivity contribution < 1.29 is 10.2 Å². The van der Waals surface area contributed by atoms with Crippen LogP contribution < -0.4 is 0 Å². The van der Waals surface area contributed by atoms with E-state index in [-0.39, 0.29) is 24.0 Å². The number of hydrogen-bond acceptors (Lipinski definition) is 4. The van der Waals surface area contributed by atoms with Crippen LogP contribution in [0.4, 0.5) is 0 Å². The highest BCUT2D eigenvalue weighted by atomic mass is 16.3. The molecule has 0 spiro atoms. The van der Waals surface area contributed by atoms with Crippen LogP contribution in [0.15, 0.2) is 41.7 Å². The van der Waals surface area contributed by atoms with Crippen LogP contribution in [0.25, 0.3) is 0 Å². The molecule has 130 valence electrons. The maximum absolute atomic E-state index is 11.1. The van der Waals surface area contributed by atoms with Gasteiger partial charge in [-0.1, -0.05) is 32.1 Å². The largest absolute Gasteiger partial charge is 0.392 e. The first-order valence-electron chi connectivity index (χ1n) is 8.82. The second kappa shape index (κ2) is 6.41. The summed E-state index contributed by atoms with van der Waals surface area (Å²) in [6.07, 6.45) is 9.95. The molecule has 0 unspecified atom stereocenters. The lowest BCUT2D eigenvalue weighted by molar-refractivity contribution is -0.134. The summed E-state index contributed by atoms with van der Waals surface area (Å²) < 4.78 is 0. The Bertz CT molecular complexity index is 634. The van der Waals surface area contributed by atoms with Crippen molar-refractivity contribution in [2.24, 2.45) is 22.2 Å². The third kappa shape index (κ3) is 2.93. The van der Waals surface area contributed by atoms with E-state index in [0.717, 1.165) is 24.1 Å². The lowest BCUT2D eigenvalue weighted by Crippen LogP contribution is -2.64. The van der Waals surface area contributed by atoms with E-state index in [4.69, 9.17) is 10.1 Å². The average molecular weight is 328 g/mol. The zero-order valence-corrected chi connectivity index (χ0v) is 14.8. The van der Waals surface area contributed by atoms with Gasteiger partial charge in [0.2, 0.25) is 0 Å². The molecule has 4 rings (SSSR count).